The van der Waals surface area contributed by atoms with Gasteiger partial charge < -0.3 is 9.47 Å². The first-order valence-electron chi connectivity index (χ1n) is 4.72. The van der Waals surface area contributed by atoms with Crippen molar-refractivity contribution in [3.63, 3.8) is 0 Å². The molecule has 0 spiro atoms. The topological polar surface area (TPSA) is 35.5 Å². The molecule has 3 nitrogen and oxygen atoms in total. The fourth-order valence-corrected chi connectivity index (χ4v) is 0.994. The summed E-state index contributed by atoms with van der Waals surface area (Å²) in [5, 5.41) is 0. The minimum atomic E-state index is -0.132. The average molecular weight is 188 g/mol. The Balaban J connectivity index is 3.50. The summed E-state index contributed by atoms with van der Waals surface area (Å²) in [6.45, 7) is 6.31. The highest BCUT2D eigenvalue weighted by atomic mass is 16.5. The second kappa shape index (κ2) is 5.97. The molecule has 13 heavy (non-hydrogen) atoms. The van der Waals surface area contributed by atoms with Crippen molar-refractivity contribution in [3.05, 3.63) is 0 Å². The molecule has 78 valence electrons. The lowest BCUT2D eigenvalue weighted by Gasteiger charge is -2.22. The molecule has 0 aliphatic rings. The SMILES string of the molecule is CCOC(=O)CCCC(C)(C)OC. The molecule has 0 atom stereocenters. The van der Waals surface area contributed by atoms with Crippen molar-refractivity contribution in [3.8, 4) is 0 Å². The van der Waals surface area contributed by atoms with Gasteiger partial charge in [0.05, 0.1) is 12.2 Å². The number of hydrogen-bond acceptors (Lipinski definition) is 3. The predicted octanol–water partition coefficient (Wildman–Crippen LogP) is 2.14. The normalized spacial score (nSPS) is 11.4. The Labute approximate surface area is 80.4 Å². The average Bonchev–Trinajstić information content (AvgIpc) is 2.05. The Morgan fingerprint density at radius 3 is 2.46 bits per heavy atom. The molecule has 0 saturated carbocycles. The Hall–Kier alpha value is -0.570. The van der Waals surface area contributed by atoms with E-state index in [-0.39, 0.29) is 11.6 Å². The summed E-state index contributed by atoms with van der Waals surface area (Å²) in [5.41, 5.74) is -0.132. The van der Waals surface area contributed by atoms with Crippen LogP contribution in [-0.2, 0) is 14.3 Å². The molecular weight excluding hydrogens is 168 g/mol. The minimum Gasteiger partial charge on any atom is -0.466 e. The van der Waals surface area contributed by atoms with E-state index < -0.39 is 0 Å². The van der Waals surface area contributed by atoms with E-state index in [1.807, 2.05) is 20.8 Å². The van der Waals surface area contributed by atoms with E-state index in [4.69, 9.17) is 9.47 Å². The Morgan fingerprint density at radius 2 is 2.00 bits per heavy atom. The van der Waals surface area contributed by atoms with Crippen LogP contribution < -0.4 is 0 Å². The van der Waals surface area contributed by atoms with Gasteiger partial charge in [0.2, 0.25) is 0 Å². The van der Waals surface area contributed by atoms with Crippen LogP contribution in [-0.4, -0.2) is 25.3 Å². The number of carbonyl (C=O) groups is 1. The van der Waals surface area contributed by atoms with Crippen LogP contribution >= 0.6 is 0 Å². The first-order chi connectivity index (χ1) is 6.02. The Bertz CT molecular complexity index is 152. The van der Waals surface area contributed by atoms with E-state index in [1.54, 1.807) is 7.11 Å². The zero-order chi connectivity index (χ0) is 10.3. The summed E-state index contributed by atoms with van der Waals surface area (Å²) in [6, 6.07) is 0. The van der Waals surface area contributed by atoms with Gasteiger partial charge in [0.15, 0.2) is 0 Å². The van der Waals surface area contributed by atoms with Gasteiger partial charge in [-0.05, 0) is 33.6 Å². The zero-order valence-corrected chi connectivity index (χ0v) is 9.05. The Morgan fingerprint density at radius 1 is 1.38 bits per heavy atom. The third-order valence-corrected chi connectivity index (χ3v) is 2.02. The number of carbonyl (C=O) groups excluding carboxylic acids is 1. The van der Waals surface area contributed by atoms with Crippen LogP contribution in [0.3, 0.4) is 0 Å². The van der Waals surface area contributed by atoms with Crippen molar-refractivity contribution in [2.75, 3.05) is 13.7 Å². The molecule has 0 aliphatic carbocycles. The molecule has 0 heterocycles. The lowest BCUT2D eigenvalue weighted by molar-refractivity contribution is -0.143. The van der Waals surface area contributed by atoms with Crippen LogP contribution in [0.5, 0.6) is 0 Å². The van der Waals surface area contributed by atoms with Crippen LogP contribution in [0.2, 0.25) is 0 Å². The lowest BCUT2D eigenvalue weighted by atomic mass is 10.0. The van der Waals surface area contributed by atoms with Crippen molar-refractivity contribution in [2.45, 2.75) is 45.6 Å². The molecule has 0 N–H and O–H groups in total. The standard InChI is InChI=1S/C10H20O3/c1-5-13-9(11)7-6-8-10(2,3)12-4/h5-8H2,1-4H3. The van der Waals surface area contributed by atoms with E-state index in [2.05, 4.69) is 0 Å². The fraction of sp³-hybridized carbons (Fsp3) is 0.900. The van der Waals surface area contributed by atoms with E-state index in [0.29, 0.717) is 13.0 Å². The maximum absolute atomic E-state index is 11.0. The molecule has 0 saturated heterocycles. The van der Waals surface area contributed by atoms with E-state index in [1.165, 1.54) is 0 Å². The van der Waals surface area contributed by atoms with E-state index in [9.17, 15) is 4.79 Å². The quantitative estimate of drug-likeness (QED) is 0.599. The van der Waals surface area contributed by atoms with Crippen LogP contribution in [0.4, 0.5) is 0 Å². The predicted molar refractivity (Wildman–Crippen MR) is 51.6 cm³/mol. The van der Waals surface area contributed by atoms with Crippen LogP contribution in [0, 0.1) is 0 Å². The van der Waals surface area contributed by atoms with E-state index >= 15 is 0 Å². The summed E-state index contributed by atoms with van der Waals surface area (Å²) in [7, 11) is 1.68. The van der Waals surface area contributed by atoms with Crippen LogP contribution in [0.1, 0.15) is 40.0 Å². The molecule has 0 bridgehead atoms. The highest BCUT2D eigenvalue weighted by molar-refractivity contribution is 5.69. The molecule has 0 amide bonds. The van der Waals surface area contributed by atoms with Gasteiger partial charge in [0.25, 0.3) is 0 Å². The van der Waals surface area contributed by atoms with Gasteiger partial charge in [-0.2, -0.15) is 0 Å². The first-order valence-corrected chi connectivity index (χ1v) is 4.72. The monoisotopic (exact) mass is 188 g/mol. The smallest absolute Gasteiger partial charge is 0.305 e. The molecule has 0 aromatic carbocycles. The molecule has 0 aromatic heterocycles. The summed E-state index contributed by atoms with van der Waals surface area (Å²) in [6.07, 6.45) is 2.18. The molecule has 3 heteroatoms. The molecule has 0 radical (unpaired) electrons. The maximum Gasteiger partial charge on any atom is 0.305 e. The van der Waals surface area contributed by atoms with Crippen molar-refractivity contribution in [2.24, 2.45) is 0 Å². The molecule has 0 aromatic rings. The highest BCUT2D eigenvalue weighted by Crippen LogP contribution is 2.16. The third-order valence-electron chi connectivity index (χ3n) is 2.02. The molecule has 0 unspecified atom stereocenters. The number of hydrogen-bond donors (Lipinski definition) is 0. The van der Waals surface area contributed by atoms with Crippen molar-refractivity contribution >= 4 is 5.97 Å². The Kier molecular flexibility index (Phi) is 5.71. The van der Waals surface area contributed by atoms with Gasteiger partial charge in [-0.15, -0.1) is 0 Å². The second-order valence-corrected chi connectivity index (χ2v) is 3.62. The fourth-order valence-electron chi connectivity index (χ4n) is 0.994. The second-order valence-electron chi connectivity index (χ2n) is 3.62. The van der Waals surface area contributed by atoms with Crippen LogP contribution in [0.25, 0.3) is 0 Å². The minimum absolute atomic E-state index is 0.116. The van der Waals surface area contributed by atoms with Gasteiger partial charge in [-0.1, -0.05) is 0 Å². The lowest BCUT2D eigenvalue weighted by Crippen LogP contribution is -2.22. The third kappa shape index (κ3) is 6.58. The summed E-state index contributed by atoms with van der Waals surface area (Å²) in [5.74, 6) is -0.116. The number of rotatable bonds is 6. The summed E-state index contributed by atoms with van der Waals surface area (Å²) in [4.78, 5) is 11.0. The summed E-state index contributed by atoms with van der Waals surface area (Å²) >= 11 is 0. The zero-order valence-electron chi connectivity index (χ0n) is 9.05. The van der Waals surface area contributed by atoms with Crippen molar-refractivity contribution < 1.29 is 14.3 Å². The maximum atomic E-state index is 11.0. The number of esters is 1. The van der Waals surface area contributed by atoms with E-state index in [0.717, 1.165) is 12.8 Å². The number of ether oxygens (including phenoxy) is 2. The largest absolute Gasteiger partial charge is 0.466 e. The van der Waals surface area contributed by atoms with Gasteiger partial charge in [0.1, 0.15) is 0 Å². The van der Waals surface area contributed by atoms with Gasteiger partial charge in [-0.25, -0.2) is 0 Å². The molecular formula is C10H20O3. The van der Waals surface area contributed by atoms with Gasteiger partial charge in [-0.3, -0.25) is 4.79 Å². The summed E-state index contributed by atoms with van der Waals surface area (Å²) < 4.78 is 10.0. The van der Waals surface area contributed by atoms with Gasteiger partial charge in [0, 0.05) is 13.5 Å². The molecule has 0 aliphatic heterocycles. The highest BCUT2D eigenvalue weighted by Gasteiger charge is 2.16. The van der Waals surface area contributed by atoms with Crippen molar-refractivity contribution in [1.29, 1.82) is 0 Å². The van der Waals surface area contributed by atoms with Crippen LogP contribution in [0.15, 0.2) is 0 Å². The molecule has 0 fully saturated rings. The van der Waals surface area contributed by atoms with Crippen molar-refractivity contribution in [1.82, 2.24) is 0 Å². The number of methoxy groups -OCH3 is 1. The first kappa shape index (κ1) is 12.4. The van der Waals surface area contributed by atoms with Gasteiger partial charge >= 0.3 is 5.97 Å². The molecule has 0 rings (SSSR count).